The summed E-state index contributed by atoms with van der Waals surface area (Å²) in [6.45, 7) is 2.04. The van der Waals surface area contributed by atoms with E-state index in [0.29, 0.717) is 5.56 Å². The lowest BCUT2D eigenvalue weighted by atomic mass is 9.98. The summed E-state index contributed by atoms with van der Waals surface area (Å²) in [6.07, 6.45) is 0.818. The van der Waals surface area contributed by atoms with E-state index in [2.05, 4.69) is 17.6 Å². The molecule has 3 N–H and O–H groups in total. The minimum absolute atomic E-state index is 0.260. The zero-order valence-corrected chi connectivity index (χ0v) is 10.3. The van der Waals surface area contributed by atoms with E-state index in [-0.39, 0.29) is 5.91 Å². The average molecular weight is 240 g/mol. The molecule has 0 saturated heterocycles. The molecule has 0 atom stereocenters. The zero-order valence-electron chi connectivity index (χ0n) is 10.3. The van der Waals surface area contributed by atoms with Gasteiger partial charge in [0.15, 0.2) is 0 Å². The van der Waals surface area contributed by atoms with Crippen LogP contribution in [0.5, 0.6) is 0 Å². The number of amides is 1. The monoisotopic (exact) mass is 240 g/mol. The number of nitrogens with two attached hydrogens (primary N) is 1. The van der Waals surface area contributed by atoms with E-state index in [1.807, 2.05) is 37.3 Å². The second-order valence-electron chi connectivity index (χ2n) is 4.28. The lowest BCUT2D eigenvalue weighted by Gasteiger charge is -2.08. The number of benzene rings is 2. The molecule has 0 spiro atoms. The number of hydrogen-bond donors (Lipinski definition) is 2. The Bertz CT molecular complexity index is 550. The molecule has 3 heteroatoms. The molecule has 0 bridgehead atoms. The smallest absolute Gasteiger partial charge is 0.265 e. The first kappa shape index (κ1) is 12.3. The number of hydrazine groups is 1. The average Bonchev–Trinajstić information content (AvgIpc) is 2.41. The number of nitrogen functional groups attached to an aromatic ring is 1. The summed E-state index contributed by atoms with van der Waals surface area (Å²) in [5.41, 5.74) is 6.29. The van der Waals surface area contributed by atoms with Gasteiger partial charge in [0.1, 0.15) is 0 Å². The summed E-state index contributed by atoms with van der Waals surface area (Å²) < 4.78 is 0. The number of aryl methyl sites for hydroxylation is 1. The Morgan fingerprint density at radius 1 is 1.17 bits per heavy atom. The van der Waals surface area contributed by atoms with Crippen LogP contribution in [0.2, 0.25) is 0 Å². The molecule has 0 saturated carbocycles. The molecule has 18 heavy (non-hydrogen) atoms. The van der Waals surface area contributed by atoms with Crippen LogP contribution >= 0.6 is 0 Å². The van der Waals surface area contributed by atoms with Crippen LogP contribution in [0.1, 0.15) is 27.0 Å². The van der Waals surface area contributed by atoms with E-state index in [9.17, 15) is 4.79 Å². The molecular formula is C15H16N2O. The van der Waals surface area contributed by atoms with Crippen molar-refractivity contribution in [1.82, 2.24) is 5.43 Å². The minimum Gasteiger partial charge on any atom is -0.290 e. The second kappa shape index (κ2) is 5.47. The molecule has 0 aliphatic heterocycles. The summed E-state index contributed by atoms with van der Waals surface area (Å²) in [7, 11) is 0. The van der Waals surface area contributed by atoms with Crippen LogP contribution in [0.3, 0.4) is 0 Å². The Balaban J connectivity index is 2.30. The highest BCUT2D eigenvalue weighted by Gasteiger charge is 2.07. The molecule has 2 aromatic rings. The van der Waals surface area contributed by atoms with Crippen LogP contribution in [0.4, 0.5) is 0 Å². The van der Waals surface area contributed by atoms with Crippen molar-refractivity contribution in [3.05, 3.63) is 70.8 Å². The summed E-state index contributed by atoms with van der Waals surface area (Å²) >= 11 is 0. The fourth-order valence-electron chi connectivity index (χ4n) is 1.90. The Kier molecular flexibility index (Phi) is 3.75. The second-order valence-corrected chi connectivity index (χ2v) is 4.28. The Hall–Kier alpha value is -2.13. The predicted molar refractivity (Wildman–Crippen MR) is 72.1 cm³/mol. The number of rotatable bonds is 3. The van der Waals surface area contributed by atoms with E-state index in [1.54, 1.807) is 6.07 Å². The number of carbonyl (C=O) groups excluding carboxylic acids is 1. The highest BCUT2D eigenvalue weighted by atomic mass is 16.2. The largest absolute Gasteiger partial charge is 0.290 e. The molecule has 2 aromatic carbocycles. The Morgan fingerprint density at radius 3 is 2.56 bits per heavy atom. The molecule has 0 aliphatic rings. The van der Waals surface area contributed by atoms with Gasteiger partial charge in [-0.15, -0.1) is 0 Å². The van der Waals surface area contributed by atoms with E-state index >= 15 is 0 Å². The molecule has 1 amide bonds. The van der Waals surface area contributed by atoms with E-state index < -0.39 is 0 Å². The van der Waals surface area contributed by atoms with Crippen molar-refractivity contribution in [2.75, 3.05) is 0 Å². The van der Waals surface area contributed by atoms with Gasteiger partial charge in [0.25, 0.3) is 5.91 Å². The minimum atomic E-state index is -0.260. The van der Waals surface area contributed by atoms with E-state index in [0.717, 1.165) is 12.0 Å². The van der Waals surface area contributed by atoms with Crippen molar-refractivity contribution < 1.29 is 4.79 Å². The van der Waals surface area contributed by atoms with Crippen molar-refractivity contribution in [2.45, 2.75) is 13.3 Å². The third kappa shape index (κ3) is 2.76. The van der Waals surface area contributed by atoms with Gasteiger partial charge in [-0.05, 0) is 42.2 Å². The van der Waals surface area contributed by atoms with Crippen molar-refractivity contribution in [1.29, 1.82) is 0 Å². The fourth-order valence-corrected chi connectivity index (χ4v) is 1.90. The van der Waals surface area contributed by atoms with Crippen molar-refractivity contribution in [2.24, 2.45) is 5.84 Å². The first-order valence-corrected chi connectivity index (χ1v) is 5.85. The van der Waals surface area contributed by atoms with Gasteiger partial charge in [-0.3, -0.25) is 10.2 Å². The first-order valence-electron chi connectivity index (χ1n) is 5.85. The van der Waals surface area contributed by atoms with Gasteiger partial charge in [-0.25, -0.2) is 5.84 Å². The fraction of sp³-hybridized carbons (Fsp3) is 0.133. The summed E-state index contributed by atoms with van der Waals surface area (Å²) in [5.74, 6) is 4.89. The van der Waals surface area contributed by atoms with Crippen LogP contribution in [-0.4, -0.2) is 5.91 Å². The summed E-state index contributed by atoms with van der Waals surface area (Å²) in [5, 5.41) is 0. The highest BCUT2D eigenvalue weighted by molar-refractivity contribution is 5.94. The van der Waals surface area contributed by atoms with Gasteiger partial charge in [0, 0.05) is 5.56 Å². The maximum absolute atomic E-state index is 11.5. The number of nitrogens with one attached hydrogen (secondary N) is 1. The van der Waals surface area contributed by atoms with Gasteiger partial charge in [-0.2, -0.15) is 0 Å². The molecule has 0 heterocycles. The van der Waals surface area contributed by atoms with E-state index in [4.69, 9.17) is 5.84 Å². The van der Waals surface area contributed by atoms with Crippen LogP contribution in [0, 0.1) is 6.92 Å². The lowest BCUT2D eigenvalue weighted by Crippen LogP contribution is -2.30. The molecular weight excluding hydrogens is 224 g/mol. The quantitative estimate of drug-likeness (QED) is 0.491. The van der Waals surface area contributed by atoms with Crippen LogP contribution in [0.15, 0.2) is 48.5 Å². The Morgan fingerprint density at radius 2 is 1.89 bits per heavy atom. The normalized spacial score (nSPS) is 10.1. The summed E-state index contributed by atoms with van der Waals surface area (Å²) in [6, 6.07) is 15.8. The summed E-state index contributed by atoms with van der Waals surface area (Å²) in [4.78, 5) is 11.5. The SMILES string of the molecule is Cc1ccc(C(=O)NN)cc1Cc1ccccc1. The van der Waals surface area contributed by atoms with Crippen LogP contribution in [0.25, 0.3) is 0 Å². The number of carbonyl (C=O) groups is 1. The highest BCUT2D eigenvalue weighted by Crippen LogP contribution is 2.16. The topological polar surface area (TPSA) is 55.1 Å². The zero-order chi connectivity index (χ0) is 13.0. The third-order valence-corrected chi connectivity index (χ3v) is 2.98. The molecule has 0 fully saturated rings. The Labute approximate surface area is 107 Å². The number of hydrogen-bond acceptors (Lipinski definition) is 2. The van der Waals surface area contributed by atoms with Crippen LogP contribution < -0.4 is 11.3 Å². The molecule has 3 nitrogen and oxygen atoms in total. The van der Waals surface area contributed by atoms with Gasteiger partial charge >= 0.3 is 0 Å². The van der Waals surface area contributed by atoms with Crippen molar-refractivity contribution in [3.63, 3.8) is 0 Å². The predicted octanol–water partition coefficient (Wildman–Crippen LogP) is 2.19. The third-order valence-electron chi connectivity index (χ3n) is 2.98. The lowest BCUT2D eigenvalue weighted by molar-refractivity contribution is 0.0953. The van der Waals surface area contributed by atoms with Gasteiger partial charge < -0.3 is 0 Å². The van der Waals surface area contributed by atoms with Crippen molar-refractivity contribution >= 4 is 5.91 Å². The van der Waals surface area contributed by atoms with E-state index in [1.165, 1.54) is 11.1 Å². The maximum Gasteiger partial charge on any atom is 0.265 e. The standard InChI is InChI=1S/C15H16N2O/c1-11-7-8-13(15(18)17-16)10-14(11)9-12-5-3-2-4-6-12/h2-8,10H,9,16H2,1H3,(H,17,18). The molecule has 0 radical (unpaired) electrons. The molecule has 2 rings (SSSR count). The van der Waals surface area contributed by atoms with Gasteiger partial charge in [-0.1, -0.05) is 36.4 Å². The molecule has 0 aromatic heterocycles. The van der Waals surface area contributed by atoms with Gasteiger partial charge in [0.2, 0.25) is 0 Å². The first-order chi connectivity index (χ1) is 8.70. The molecule has 92 valence electrons. The molecule has 0 aliphatic carbocycles. The van der Waals surface area contributed by atoms with Gasteiger partial charge in [0.05, 0.1) is 0 Å². The van der Waals surface area contributed by atoms with Crippen molar-refractivity contribution in [3.8, 4) is 0 Å². The molecule has 0 unspecified atom stereocenters. The van der Waals surface area contributed by atoms with Crippen LogP contribution in [-0.2, 0) is 6.42 Å². The maximum atomic E-state index is 11.5.